The minimum atomic E-state index is -0.456. The Kier molecular flexibility index (Phi) is 8.52. The highest BCUT2D eigenvalue weighted by molar-refractivity contribution is 7.98. The lowest BCUT2D eigenvalue weighted by atomic mass is 9.90. The summed E-state index contributed by atoms with van der Waals surface area (Å²) in [5.74, 6) is 1.48. The first-order valence-electron chi connectivity index (χ1n) is 12.7. The predicted octanol–water partition coefficient (Wildman–Crippen LogP) is 7.06. The maximum Gasteiger partial charge on any atom is 0.253 e. The van der Waals surface area contributed by atoms with Gasteiger partial charge in [0, 0.05) is 34.7 Å². The van der Waals surface area contributed by atoms with Gasteiger partial charge in [-0.15, -0.1) is 11.8 Å². The van der Waals surface area contributed by atoms with Crippen LogP contribution in [0.5, 0.6) is 0 Å². The van der Waals surface area contributed by atoms with Gasteiger partial charge in [-0.05, 0) is 60.6 Å². The summed E-state index contributed by atoms with van der Waals surface area (Å²) in [6.45, 7) is 7.36. The van der Waals surface area contributed by atoms with E-state index < -0.39 is 5.41 Å². The number of nitrogens with zero attached hydrogens (tertiary/aromatic N) is 1. The molecule has 0 saturated carbocycles. The van der Waals surface area contributed by atoms with Crippen LogP contribution in [-0.2, 0) is 17.0 Å². The number of nitrogens with one attached hydrogen (secondary N) is 1. The molecule has 0 radical (unpaired) electrons. The average Bonchev–Trinajstić information content (AvgIpc) is 2.88. The minimum Gasteiger partial charge on any atom is -0.339 e. The molecule has 1 fully saturated rings. The lowest BCUT2D eigenvalue weighted by molar-refractivity contribution is -0.123. The molecular weight excluding hydrogens is 464 g/mol. The first-order chi connectivity index (χ1) is 17.3. The van der Waals surface area contributed by atoms with Gasteiger partial charge in [-0.3, -0.25) is 9.59 Å². The highest BCUT2D eigenvalue weighted by atomic mass is 32.2. The molecule has 0 aromatic heterocycles. The third-order valence-corrected chi connectivity index (χ3v) is 7.80. The van der Waals surface area contributed by atoms with Crippen LogP contribution in [-0.4, -0.2) is 29.8 Å². The first kappa shape index (κ1) is 26.0. The van der Waals surface area contributed by atoms with E-state index in [-0.39, 0.29) is 11.8 Å². The Morgan fingerprint density at radius 3 is 2.28 bits per heavy atom. The number of piperidine rings is 1. The summed E-state index contributed by atoms with van der Waals surface area (Å²) in [7, 11) is 0. The van der Waals surface area contributed by atoms with Crippen molar-refractivity contribution in [3.63, 3.8) is 0 Å². The van der Waals surface area contributed by atoms with Gasteiger partial charge in [0.05, 0.1) is 5.69 Å². The van der Waals surface area contributed by atoms with Gasteiger partial charge < -0.3 is 10.2 Å². The molecule has 0 bridgehead atoms. The number of benzene rings is 3. The summed E-state index contributed by atoms with van der Waals surface area (Å²) in [5.41, 5.74) is 3.61. The Bertz CT molecular complexity index is 1180. The third kappa shape index (κ3) is 7.01. The molecular formula is C31H36N2O2S. The van der Waals surface area contributed by atoms with Gasteiger partial charge in [-0.2, -0.15) is 0 Å². The van der Waals surface area contributed by atoms with E-state index in [1.807, 2.05) is 68.1 Å². The number of rotatable bonds is 7. The molecule has 36 heavy (non-hydrogen) atoms. The van der Waals surface area contributed by atoms with Crippen LogP contribution in [0.25, 0.3) is 0 Å². The van der Waals surface area contributed by atoms with Crippen LogP contribution in [0.1, 0.15) is 55.1 Å². The van der Waals surface area contributed by atoms with Gasteiger partial charge in [0.15, 0.2) is 0 Å². The van der Waals surface area contributed by atoms with E-state index in [0.717, 1.165) is 59.8 Å². The number of anilines is 1. The van der Waals surface area contributed by atoms with Crippen molar-refractivity contribution in [2.45, 2.75) is 50.7 Å². The minimum absolute atomic E-state index is 0.00400. The summed E-state index contributed by atoms with van der Waals surface area (Å²) >= 11 is 1.67. The van der Waals surface area contributed by atoms with Crippen LogP contribution in [0.3, 0.4) is 0 Å². The van der Waals surface area contributed by atoms with E-state index in [4.69, 9.17) is 0 Å². The van der Waals surface area contributed by atoms with Crippen LogP contribution in [0.2, 0.25) is 0 Å². The molecule has 3 aromatic rings. The summed E-state index contributed by atoms with van der Waals surface area (Å²) in [5, 5.41) is 3.06. The standard InChI is InChI=1S/C31H36N2O2S/c1-31(2,3)30(35)32-27-14-7-8-15-28(27)36-22-25-12-9-13-26(21-25)29(34)33-18-16-24(17-19-33)20-23-10-5-4-6-11-23/h4-15,21,24H,16-20,22H2,1-3H3,(H,32,35). The highest BCUT2D eigenvalue weighted by Crippen LogP contribution is 2.31. The quantitative estimate of drug-likeness (QED) is 0.353. The topological polar surface area (TPSA) is 49.4 Å². The van der Waals surface area contributed by atoms with Crippen molar-refractivity contribution < 1.29 is 9.59 Å². The number of likely N-dealkylation sites (tertiary alicyclic amines) is 1. The second-order valence-corrected chi connectivity index (χ2v) is 11.6. The van der Waals surface area contributed by atoms with E-state index in [1.165, 1.54) is 5.56 Å². The average molecular weight is 501 g/mol. The maximum absolute atomic E-state index is 13.2. The molecule has 3 aromatic carbocycles. The van der Waals surface area contributed by atoms with Gasteiger partial charge in [0.25, 0.3) is 5.91 Å². The third-order valence-electron chi connectivity index (χ3n) is 6.65. The molecule has 0 unspecified atom stereocenters. The number of thioether (sulfide) groups is 1. The van der Waals surface area contributed by atoms with E-state index in [2.05, 4.69) is 41.7 Å². The van der Waals surface area contributed by atoms with Crippen molar-refractivity contribution in [3.8, 4) is 0 Å². The Morgan fingerprint density at radius 1 is 0.889 bits per heavy atom. The Morgan fingerprint density at radius 2 is 1.56 bits per heavy atom. The fourth-order valence-electron chi connectivity index (χ4n) is 4.43. The SMILES string of the molecule is CC(C)(C)C(=O)Nc1ccccc1SCc1cccc(C(=O)N2CCC(Cc3ccccc3)CC2)c1. The van der Waals surface area contributed by atoms with Crippen LogP contribution in [0.4, 0.5) is 5.69 Å². The van der Waals surface area contributed by atoms with Crippen molar-refractivity contribution in [1.29, 1.82) is 0 Å². The van der Waals surface area contributed by atoms with Crippen molar-refractivity contribution in [2.75, 3.05) is 18.4 Å². The summed E-state index contributed by atoms with van der Waals surface area (Å²) < 4.78 is 0. The smallest absolute Gasteiger partial charge is 0.253 e. The van der Waals surface area contributed by atoms with E-state index in [9.17, 15) is 9.59 Å². The normalized spacial score (nSPS) is 14.5. The van der Waals surface area contributed by atoms with Crippen LogP contribution < -0.4 is 5.32 Å². The number of amides is 2. The second kappa shape index (κ2) is 11.8. The zero-order valence-corrected chi connectivity index (χ0v) is 22.3. The predicted molar refractivity (Wildman–Crippen MR) is 149 cm³/mol. The molecule has 1 aliphatic rings. The van der Waals surface area contributed by atoms with Crippen molar-refractivity contribution in [2.24, 2.45) is 11.3 Å². The van der Waals surface area contributed by atoms with Crippen LogP contribution >= 0.6 is 11.8 Å². The fraction of sp³-hybridized carbons (Fsp3) is 0.355. The van der Waals surface area contributed by atoms with Crippen LogP contribution in [0, 0.1) is 11.3 Å². The van der Waals surface area contributed by atoms with Crippen molar-refractivity contribution in [1.82, 2.24) is 4.90 Å². The fourth-order valence-corrected chi connectivity index (χ4v) is 5.38. The lowest BCUT2D eigenvalue weighted by Crippen LogP contribution is -2.38. The zero-order valence-electron chi connectivity index (χ0n) is 21.5. The van der Waals surface area contributed by atoms with Gasteiger partial charge in [-0.25, -0.2) is 0 Å². The maximum atomic E-state index is 13.2. The number of carbonyl (C=O) groups excluding carboxylic acids is 2. The molecule has 1 saturated heterocycles. The zero-order chi connectivity index (χ0) is 25.5. The molecule has 0 aliphatic carbocycles. The molecule has 0 spiro atoms. The Balaban J connectivity index is 1.34. The number of carbonyl (C=O) groups is 2. The van der Waals surface area contributed by atoms with Crippen molar-refractivity contribution in [3.05, 3.63) is 95.6 Å². The molecule has 1 N–H and O–H groups in total. The first-order valence-corrected chi connectivity index (χ1v) is 13.7. The Hall–Kier alpha value is -3.05. The second-order valence-electron chi connectivity index (χ2n) is 10.6. The molecule has 188 valence electrons. The molecule has 1 aliphatic heterocycles. The number of para-hydroxylation sites is 1. The molecule has 0 atom stereocenters. The molecule has 4 nitrogen and oxygen atoms in total. The lowest BCUT2D eigenvalue weighted by Gasteiger charge is -2.32. The van der Waals surface area contributed by atoms with Gasteiger partial charge in [-0.1, -0.05) is 75.4 Å². The summed E-state index contributed by atoms with van der Waals surface area (Å²) in [4.78, 5) is 28.7. The van der Waals surface area contributed by atoms with E-state index in [0.29, 0.717) is 5.92 Å². The number of hydrogen-bond acceptors (Lipinski definition) is 3. The van der Waals surface area contributed by atoms with Gasteiger partial charge >= 0.3 is 0 Å². The Labute approximate surface area is 219 Å². The molecule has 2 amide bonds. The van der Waals surface area contributed by atoms with E-state index >= 15 is 0 Å². The summed E-state index contributed by atoms with van der Waals surface area (Å²) in [6.07, 6.45) is 3.19. The molecule has 4 rings (SSSR count). The largest absolute Gasteiger partial charge is 0.339 e. The summed E-state index contributed by atoms with van der Waals surface area (Å²) in [6, 6.07) is 26.5. The van der Waals surface area contributed by atoms with Crippen molar-refractivity contribution >= 4 is 29.3 Å². The highest BCUT2D eigenvalue weighted by Gasteiger charge is 2.24. The van der Waals surface area contributed by atoms with Crippen LogP contribution in [0.15, 0.2) is 83.8 Å². The molecule has 5 heteroatoms. The van der Waals surface area contributed by atoms with Gasteiger partial charge in [0.1, 0.15) is 0 Å². The van der Waals surface area contributed by atoms with E-state index in [1.54, 1.807) is 11.8 Å². The number of hydrogen-bond donors (Lipinski definition) is 1. The molecule has 1 heterocycles. The monoisotopic (exact) mass is 500 g/mol. The van der Waals surface area contributed by atoms with Gasteiger partial charge in [0.2, 0.25) is 5.91 Å².